The van der Waals surface area contributed by atoms with Crippen molar-refractivity contribution in [3.63, 3.8) is 0 Å². The molecule has 1 aromatic rings. The number of aliphatic imine (C=N–C) groups is 1. The maximum Gasteiger partial charge on any atom is 0.191 e. The van der Waals surface area contributed by atoms with Crippen molar-refractivity contribution in [1.82, 2.24) is 10.6 Å². The second kappa shape index (κ2) is 11.7. The van der Waals surface area contributed by atoms with E-state index in [2.05, 4.69) is 17.6 Å². The summed E-state index contributed by atoms with van der Waals surface area (Å²) in [6.45, 7) is 8.08. The van der Waals surface area contributed by atoms with Gasteiger partial charge in [-0.1, -0.05) is 12.1 Å². The van der Waals surface area contributed by atoms with E-state index < -0.39 is 0 Å². The number of guanidine groups is 1. The van der Waals surface area contributed by atoms with Crippen LogP contribution in [0.4, 0.5) is 4.39 Å². The molecule has 1 aromatic carbocycles. The van der Waals surface area contributed by atoms with Crippen molar-refractivity contribution in [2.75, 3.05) is 32.8 Å². The van der Waals surface area contributed by atoms with E-state index in [9.17, 15) is 4.39 Å². The van der Waals surface area contributed by atoms with Crippen molar-refractivity contribution in [1.29, 1.82) is 0 Å². The lowest BCUT2D eigenvalue weighted by Crippen LogP contribution is -2.38. The van der Waals surface area contributed by atoms with Crippen LogP contribution in [0.2, 0.25) is 0 Å². The Morgan fingerprint density at radius 2 is 2.04 bits per heavy atom. The zero-order valence-electron chi connectivity index (χ0n) is 15.3. The molecule has 0 bridgehead atoms. The number of ether oxygens (including phenoxy) is 1. The summed E-state index contributed by atoms with van der Waals surface area (Å²) in [7, 11) is 0. The molecule has 0 unspecified atom stereocenters. The Morgan fingerprint density at radius 3 is 2.68 bits per heavy atom. The van der Waals surface area contributed by atoms with Crippen molar-refractivity contribution in [2.24, 2.45) is 4.99 Å². The first-order valence-corrected chi connectivity index (χ1v) is 9.06. The highest BCUT2D eigenvalue weighted by atomic mass is 127. The molecule has 1 fully saturated rings. The summed E-state index contributed by atoms with van der Waals surface area (Å²) in [5.41, 5.74) is 1.10. The number of benzene rings is 1. The number of halogens is 2. The van der Waals surface area contributed by atoms with Gasteiger partial charge in [0.15, 0.2) is 5.96 Å². The molecule has 0 aliphatic heterocycles. The molecule has 0 amide bonds. The molecule has 0 heterocycles. The van der Waals surface area contributed by atoms with Gasteiger partial charge in [0.05, 0.1) is 6.54 Å². The quantitative estimate of drug-likeness (QED) is 0.240. The molecule has 1 saturated carbocycles. The molecule has 25 heavy (non-hydrogen) atoms. The second-order valence-electron chi connectivity index (χ2n) is 6.32. The van der Waals surface area contributed by atoms with E-state index in [4.69, 9.17) is 9.73 Å². The largest absolute Gasteiger partial charge is 0.382 e. The molecule has 2 rings (SSSR count). The predicted molar refractivity (Wildman–Crippen MR) is 112 cm³/mol. The van der Waals surface area contributed by atoms with Gasteiger partial charge in [-0.3, -0.25) is 4.99 Å². The number of nitrogens with one attached hydrogen (secondary N) is 2. The third-order valence-corrected chi connectivity index (χ3v) is 4.39. The van der Waals surface area contributed by atoms with Gasteiger partial charge in [0.2, 0.25) is 0 Å². The van der Waals surface area contributed by atoms with Gasteiger partial charge in [0, 0.05) is 31.7 Å². The van der Waals surface area contributed by atoms with E-state index in [0.717, 1.165) is 63.5 Å². The van der Waals surface area contributed by atoms with Crippen LogP contribution in [0.15, 0.2) is 29.3 Å². The molecule has 6 heteroatoms. The molecular formula is C19H31FIN3O. The highest BCUT2D eigenvalue weighted by molar-refractivity contribution is 14.0. The SMILES string of the molecule is CCNC(=NCC1(c2cccc(F)c2)CC1)NCCCCOCC.I. The van der Waals surface area contributed by atoms with Crippen molar-refractivity contribution >= 4 is 29.9 Å². The molecule has 2 N–H and O–H groups in total. The third kappa shape index (κ3) is 7.48. The van der Waals surface area contributed by atoms with Crippen molar-refractivity contribution in [3.05, 3.63) is 35.6 Å². The van der Waals surface area contributed by atoms with E-state index in [0.29, 0.717) is 6.54 Å². The van der Waals surface area contributed by atoms with E-state index in [1.165, 1.54) is 6.07 Å². The first kappa shape index (κ1) is 22.2. The second-order valence-corrected chi connectivity index (χ2v) is 6.32. The Labute approximate surface area is 168 Å². The van der Waals surface area contributed by atoms with E-state index in [-0.39, 0.29) is 35.2 Å². The first-order chi connectivity index (χ1) is 11.7. The predicted octanol–water partition coefficient (Wildman–Crippen LogP) is 3.85. The van der Waals surface area contributed by atoms with Gasteiger partial charge < -0.3 is 15.4 Å². The molecule has 1 aliphatic carbocycles. The van der Waals surface area contributed by atoms with Gasteiger partial charge in [-0.05, 0) is 57.2 Å². The molecule has 0 radical (unpaired) electrons. The average molecular weight is 463 g/mol. The number of rotatable bonds is 10. The van der Waals surface area contributed by atoms with Gasteiger partial charge >= 0.3 is 0 Å². The number of nitrogens with zero attached hydrogens (tertiary/aromatic N) is 1. The van der Waals surface area contributed by atoms with Crippen LogP contribution < -0.4 is 10.6 Å². The number of hydrogen-bond donors (Lipinski definition) is 2. The molecule has 0 aromatic heterocycles. The molecule has 0 spiro atoms. The van der Waals surface area contributed by atoms with Gasteiger partial charge in [0.1, 0.15) is 5.82 Å². The smallest absolute Gasteiger partial charge is 0.191 e. The topological polar surface area (TPSA) is 45.7 Å². The Morgan fingerprint density at radius 1 is 1.24 bits per heavy atom. The van der Waals surface area contributed by atoms with Gasteiger partial charge in [-0.2, -0.15) is 0 Å². The minimum absolute atomic E-state index is 0. The van der Waals surface area contributed by atoms with Crippen LogP contribution in [0.5, 0.6) is 0 Å². The molecule has 1 aliphatic rings. The Hall–Kier alpha value is -0.890. The fourth-order valence-corrected chi connectivity index (χ4v) is 2.76. The first-order valence-electron chi connectivity index (χ1n) is 9.06. The molecule has 0 atom stereocenters. The lowest BCUT2D eigenvalue weighted by atomic mass is 9.96. The Kier molecular flexibility index (Phi) is 10.3. The fraction of sp³-hybridized carbons (Fsp3) is 0.632. The number of unbranched alkanes of at least 4 members (excludes halogenated alkanes) is 1. The number of hydrogen-bond acceptors (Lipinski definition) is 2. The summed E-state index contributed by atoms with van der Waals surface area (Å²) in [5, 5.41) is 6.65. The van der Waals surface area contributed by atoms with Crippen LogP contribution >= 0.6 is 24.0 Å². The maximum atomic E-state index is 13.5. The van der Waals surface area contributed by atoms with Crippen LogP contribution in [0, 0.1) is 5.82 Å². The highest BCUT2D eigenvalue weighted by Crippen LogP contribution is 2.48. The van der Waals surface area contributed by atoms with Gasteiger partial charge in [-0.25, -0.2) is 4.39 Å². The van der Waals surface area contributed by atoms with E-state index >= 15 is 0 Å². The lowest BCUT2D eigenvalue weighted by Gasteiger charge is -2.16. The van der Waals surface area contributed by atoms with Crippen LogP contribution in [0.3, 0.4) is 0 Å². The van der Waals surface area contributed by atoms with Crippen LogP contribution in [-0.4, -0.2) is 38.8 Å². The Bertz CT molecular complexity index is 535. The summed E-state index contributed by atoms with van der Waals surface area (Å²) in [6.07, 6.45) is 4.26. The van der Waals surface area contributed by atoms with Crippen LogP contribution in [0.1, 0.15) is 45.1 Å². The van der Waals surface area contributed by atoms with Crippen molar-refractivity contribution in [3.8, 4) is 0 Å². The summed E-state index contributed by atoms with van der Waals surface area (Å²) in [6, 6.07) is 6.95. The zero-order chi connectivity index (χ0) is 17.3. The normalized spacial score (nSPS) is 15.4. The summed E-state index contributed by atoms with van der Waals surface area (Å²) < 4.78 is 18.8. The van der Waals surface area contributed by atoms with Crippen molar-refractivity contribution < 1.29 is 9.13 Å². The minimum atomic E-state index is -0.165. The third-order valence-electron chi connectivity index (χ3n) is 4.39. The monoisotopic (exact) mass is 463 g/mol. The van der Waals surface area contributed by atoms with Crippen LogP contribution in [-0.2, 0) is 10.2 Å². The maximum absolute atomic E-state index is 13.5. The van der Waals surface area contributed by atoms with E-state index in [1.54, 1.807) is 12.1 Å². The molecular weight excluding hydrogens is 432 g/mol. The standard InChI is InChI=1S/C19H30FN3O.HI/c1-3-21-18(22-12-5-6-13-24-4-2)23-15-19(10-11-19)16-8-7-9-17(20)14-16;/h7-9,14H,3-6,10-13,15H2,1-2H3,(H2,21,22,23);1H. The highest BCUT2D eigenvalue weighted by Gasteiger charge is 2.44. The van der Waals surface area contributed by atoms with Gasteiger partial charge in [0.25, 0.3) is 0 Å². The fourth-order valence-electron chi connectivity index (χ4n) is 2.76. The van der Waals surface area contributed by atoms with Gasteiger partial charge in [-0.15, -0.1) is 24.0 Å². The molecule has 0 saturated heterocycles. The molecule has 4 nitrogen and oxygen atoms in total. The minimum Gasteiger partial charge on any atom is -0.382 e. The van der Waals surface area contributed by atoms with Crippen LogP contribution in [0.25, 0.3) is 0 Å². The lowest BCUT2D eigenvalue weighted by molar-refractivity contribution is 0.143. The zero-order valence-corrected chi connectivity index (χ0v) is 17.6. The molecule has 142 valence electrons. The summed E-state index contributed by atoms with van der Waals surface area (Å²) >= 11 is 0. The Balaban J connectivity index is 0.00000312. The summed E-state index contributed by atoms with van der Waals surface area (Å²) in [4.78, 5) is 4.73. The summed E-state index contributed by atoms with van der Waals surface area (Å²) in [5.74, 6) is 0.679. The van der Waals surface area contributed by atoms with Crippen molar-refractivity contribution in [2.45, 2.75) is 44.9 Å². The van der Waals surface area contributed by atoms with E-state index in [1.807, 2.05) is 13.0 Å². The average Bonchev–Trinajstić information content (AvgIpc) is 3.37.